The van der Waals surface area contributed by atoms with Crippen LogP contribution in [0, 0.1) is 17.2 Å². The molecule has 1 aromatic carbocycles. The van der Waals surface area contributed by atoms with Crippen LogP contribution >= 0.6 is 11.6 Å². The van der Waals surface area contributed by atoms with Gasteiger partial charge in [-0.2, -0.15) is 0 Å². The van der Waals surface area contributed by atoms with Crippen molar-refractivity contribution < 1.29 is 4.39 Å². The van der Waals surface area contributed by atoms with E-state index in [-0.39, 0.29) is 5.82 Å². The van der Waals surface area contributed by atoms with Gasteiger partial charge in [0.05, 0.1) is 0 Å². The van der Waals surface area contributed by atoms with Crippen molar-refractivity contribution in [3.05, 3.63) is 65.5 Å². The molecule has 27 heavy (non-hydrogen) atoms. The highest BCUT2D eigenvalue weighted by Crippen LogP contribution is 2.36. The number of halogens is 2. The molecule has 0 bridgehead atoms. The summed E-state index contributed by atoms with van der Waals surface area (Å²) in [5.74, 6) is 0.309. The summed E-state index contributed by atoms with van der Waals surface area (Å²) in [5, 5.41) is 0.500. The summed E-state index contributed by atoms with van der Waals surface area (Å²) < 4.78 is 13.4. The van der Waals surface area contributed by atoms with Crippen LogP contribution in [0.4, 0.5) is 4.39 Å². The highest BCUT2D eigenvalue weighted by atomic mass is 35.5. The van der Waals surface area contributed by atoms with Crippen LogP contribution < -0.4 is 5.73 Å². The van der Waals surface area contributed by atoms with Crippen molar-refractivity contribution in [2.75, 3.05) is 6.54 Å². The number of allylic oxidation sites excluding steroid dienone is 4. The minimum Gasteiger partial charge on any atom is -0.330 e. The fourth-order valence-corrected chi connectivity index (χ4v) is 4.03. The molecule has 0 amide bonds. The van der Waals surface area contributed by atoms with Gasteiger partial charge < -0.3 is 5.73 Å². The first kappa shape index (κ1) is 23.7. The molecule has 2 atom stereocenters. The van der Waals surface area contributed by atoms with Crippen LogP contribution in [0.1, 0.15) is 64.9 Å². The second kappa shape index (κ2) is 11.5. The predicted octanol–water partition coefficient (Wildman–Crippen LogP) is 7.57. The van der Waals surface area contributed by atoms with Gasteiger partial charge in [-0.1, -0.05) is 69.7 Å². The lowest BCUT2D eigenvalue weighted by atomic mass is 9.74. The van der Waals surface area contributed by atoms with Crippen LogP contribution in [-0.2, 0) is 0 Å². The second-order valence-corrected chi connectivity index (χ2v) is 8.50. The normalized spacial score (nSPS) is 14.9. The van der Waals surface area contributed by atoms with E-state index in [1.165, 1.54) is 31.4 Å². The molecule has 0 aliphatic carbocycles. The van der Waals surface area contributed by atoms with Crippen molar-refractivity contribution >= 4 is 17.2 Å². The van der Waals surface area contributed by atoms with Gasteiger partial charge in [0.25, 0.3) is 0 Å². The number of rotatable bonds is 12. The molecule has 3 heteroatoms. The topological polar surface area (TPSA) is 26.0 Å². The lowest BCUT2D eigenvalue weighted by Crippen LogP contribution is -2.23. The third-order valence-corrected chi connectivity index (χ3v) is 5.53. The predicted molar refractivity (Wildman–Crippen MR) is 118 cm³/mol. The highest BCUT2D eigenvalue weighted by molar-refractivity contribution is 6.32. The van der Waals surface area contributed by atoms with E-state index in [4.69, 9.17) is 17.3 Å². The molecular weight excluding hydrogens is 357 g/mol. The maximum Gasteiger partial charge on any atom is 0.123 e. The van der Waals surface area contributed by atoms with Gasteiger partial charge in [0.15, 0.2) is 0 Å². The zero-order valence-corrected chi connectivity index (χ0v) is 17.9. The first-order chi connectivity index (χ1) is 12.7. The Hall–Kier alpha value is -1.38. The minimum atomic E-state index is -0.316. The SMILES string of the molecule is C=C(/C=C\C(=C)c1cc(F)ccc1Cl)CCC(C)CC(C)(CCC)CCN. The molecular formula is C24H35ClFN. The van der Waals surface area contributed by atoms with Gasteiger partial charge in [-0.3, -0.25) is 0 Å². The Morgan fingerprint density at radius 1 is 1.30 bits per heavy atom. The zero-order chi connectivity index (χ0) is 20.4. The number of benzene rings is 1. The van der Waals surface area contributed by atoms with Crippen molar-refractivity contribution in [1.82, 2.24) is 0 Å². The Bertz CT molecular complexity index is 656. The van der Waals surface area contributed by atoms with Crippen LogP contribution in [0.15, 0.2) is 49.1 Å². The largest absolute Gasteiger partial charge is 0.330 e. The Balaban J connectivity index is 2.55. The molecule has 1 rings (SSSR count). The summed E-state index contributed by atoms with van der Waals surface area (Å²) in [6.07, 6.45) is 10.6. The van der Waals surface area contributed by atoms with Crippen molar-refractivity contribution in [3.63, 3.8) is 0 Å². The number of nitrogens with two attached hydrogens (primary N) is 1. The first-order valence-corrected chi connectivity index (χ1v) is 10.3. The molecule has 0 radical (unpaired) electrons. The van der Waals surface area contributed by atoms with Crippen molar-refractivity contribution in [2.24, 2.45) is 17.1 Å². The maximum absolute atomic E-state index is 13.4. The fraction of sp³-hybridized carbons (Fsp3) is 0.500. The van der Waals surface area contributed by atoms with Gasteiger partial charge in [-0.05, 0) is 73.8 Å². The lowest BCUT2D eigenvalue weighted by molar-refractivity contribution is 0.207. The molecule has 0 saturated heterocycles. The fourth-order valence-electron chi connectivity index (χ4n) is 3.79. The molecule has 0 spiro atoms. The molecule has 0 aromatic heterocycles. The van der Waals surface area contributed by atoms with Crippen LogP contribution in [0.2, 0.25) is 5.02 Å². The lowest BCUT2D eigenvalue weighted by Gasteiger charge is -2.32. The van der Waals surface area contributed by atoms with Crippen molar-refractivity contribution in [3.8, 4) is 0 Å². The highest BCUT2D eigenvalue weighted by Gasteiger charge is 2.24. The van der Waals surface area contributed by atoms with Gasteiger partial charge in [-0.25, -0.2) is 4.39 Å². The van der Waals surface area contributed by atoms with E-state index >= 15 is 0 Å². The van der Waals surface area contributed by atoms with E-state index in [1.54, 1.807) is 6.07 Å². The Morgan fingerprint density at radius 3 is 2.63 bits per heavy atom. The molecule has 0 heterocycles. The van der Waals surface area contributed by atoms with Gasteiger partial charge in [0.2, 0.25) is 0 Å². The standard InChI is InChI=1S/C24H35ClFN/c1-6-13-24(5,14-15-27)17-19(3)8-7-18(2)9-10-20(4)22-16-21(26)11-12-23(22)25/h9-12,16,19H,2,4,6-8,13-15,17,27H2,1,3,5H3/b10-9-. The molecule has 0 saturated carbocycles. The van der Waals surface area contributed by atoms with E-state index < -0.39 is 0 Å². The summed E-state index contributed by atoms with van der Waals surface area (Å²) in [5.41, 5.74) is 8.50. The summed E-state index contributed by atoms with van der Waals surface area (Å²) in [6, 6.07) is 4.31. The number of hydrogen-bond acceptors (Lipinski definition) is 1. The van der Waals surface area contributed by atoms with Crippen molar-refractivity contribution in [2.45, 2.75) is 59.3 Å². The Labute approximate surface area is 170 Å². The van der Waals surface area contributed by atoms with Crippen LogP contribution in [0.25, 0.3) is 5.57 Å². The summed E-state index contributed by atoms with van der Waals surface area (Å²) in [6.45, 7) is 15.8. The smallest absolute Gasteiger partial charge is 0.123 e. The summed E-state index contributed by atoms with van der Waals surface area (Å²) in [7, 11) is 0. The monoisotopic (exact) mass is 391 g/mol. The van der Waals surface area contributed by atoms with E-state index in [1.807, 2.05) is 12.2 Å². The third-order valence-electron chi connectivity index (χ3n) is 5.20. The van der Waals surface area contributed by atoms with E-state index in [2.05, 4.69) is 33.9 Å². The van der Waals surface area contributed by atoms with Crippen molar-refractivity contribution in [1.29, 1.82) is 0 Å². The van der Waals surface area contributed by atoms with Crippen LogP contribution in [0.3, 0.4) is 0 Å². The van der Waals surface area contributed by atoms with Gasteiger partial charge in [0.1, 0.15) is 5.82 Å². The molecule has 1 aromatic rings. The van der Waals surface area contributed by atoms with E-state index in [9.17, 15) is 4.39 Å². The first-order valence-electron chi connectivity index (χ1n) is 9.91. The molecule has 0 aliphatic rings. The van der Waals surface area contributed by atoms with E-state index in [0.29, 0.717) is 27.5 Å². The Morgan fingerprint density at radius 2 is 2.00 bits per heavy atom. The summed E-state index contributed by atoms with van der Waals surface area (Å²) in [4.78, 5) is 0. The summed E-state index contributed by atoms with van der Waals surface area (Å²) >= 11 is 6.13. The third kappa shape index (κ3) is 8.45. The molecule has 2 N–H and O–H groups in total. The Kier molecular flexibility index (Phi) is 10.0. The molecule has 0 fully saturated rings. The molecule has 150 valence electrons. The van der Waals surface area contributed by atoms with Crippen LogP contribution in [0.5, 0.6) is 0 Å². The molecule has 2 unspecified atom stereocenters. The average Bonchev–Trinajstić information content (AvgIpc) is 2.60. The maximum atomic E-state index is 13.4. The number of hydrogen-bond donors (Lipinski definition) is 1. The van der Waals surface area contributed by atoms with Gasteiger partial charge in [0, 0.05) is 10.6 Å². The van der Waals surface area contributed by atoms with E-state index in [0.717, 1.165) is 31.4 Å². The second-order valence-electron chi connectivity index (χ2n) is 8.09. The van der Waals surface area contributed by atoms with Crippen LogP contribution in [-0.4, -0.2) is 6.54 Å². The molecule has 0 aliphatic heterocycles. The average molecular weight is 392 g/mol. The van der Waals surface area contributed by atoms with Gasteiger partial charge in [-0.15, -0.1) is 0 Å². The van der Waals surface area contributed by atoms with Gasteiger partial charge >= 0.3 is 0 Å². The molecule has 1 nitrogen and oxygen atoms in total. The minimum absolute atomic E-state index is 0.316. The zero-order valence-electron chi connectivity index (χ0n) is 17.2. The quantitative estimate of drug-likeness (QED) is 0.365.